The van der Waals surface area contributed by atoms with Crippen LogP contribution in [0.1, 0.15) is 94.1 Å². The molecule has 2 aromatic rings. The van der Waals surface area contributed by atoms with Crippen LogP contribution in [0, 0.1) is 23.7 Å². The number of aliphatic hydroxyl groups is 2. The van der Waals surface area contributed by atoms with Crippen molar-refractivity contribution in [3.63, 3.8) is 0 Å². The van der Waals surface area contributed by atoms with E-state index < -0.39 is 95.9 Å². The molecule has 0 spiro atoms. The number of aromatic nitrogens is 1. The van der Waals surface area contributed by atoms with Crippen molar-refractivity contribution in [3.8, 4) is 0 Å². The summed E-state index contributed by atoms with van der Waals surface area (Å²) in [5.41, 5.74) is -0.755. The molecule has 18 atom stereocenters. The average Bonchev–Trinajstić information content (AvgIpc) is 3.41. The van der Waals surface area contributed by atoms with Crippen LogP contribution in [-0.2, 0) is 42.7 Å². The minimum atomic E-state index is -1.22. The second kappa shape index (κ2) is 20.4. The lowest BCUT2D eigenvalue weighted by molar-refractivity contribution is -0.320. The van der Waals surface area contributed by atoms with Crippen LogP contribution in [0.25, 0.3) is 17.0 Å². The molecule has 372 valence electrons. The largest absolute Gasteiger partial charge is 0.458 e. The normalized spacial score (nSPS) is 42.3. The molecule has 5 aliphatic rings. The lowest BCUT2D eigenvalue weighted by atomic mass is 9.73. The molecule has 7 rings (SSSR count). The van der Waals surface area contributed by atoms with Crippen molar-refractivity contribution in [2.75, 3.05) is 40.9 Å². The number of methoxy groups -OCH3 is 1. The number of rotatable bonds is 10. The number of likely N-dealkylation sites (N-methyl/N-ethyl adjacent to an activating group) is 1. The number of esters is 1. The Bertz CT molecular complexity index is 2120. The van der Waals surface area contributed by atoms with Gasteiger partial charge in [0.2, 0.25) is 0 Å². The van der Waals surface area contributed by atoms with Crippen molar-refractivity contribution >= 4 is 34.8 Å². The predicted octanol–water partition coefficient (Wildman–Crippen LogP) is 6.03. The number of nitrogens with zero attached hydrogens (tertiary/aromatic N) is 4. The van der Waals surface area contributed by atoms with Gasteiger partial charge in [-0.15, -0.1) is 0 Å². The van der Waals surface area contributed by atoms with Gasteiger partial charge < -0.3 is 53.0 Å². The van der Waals surface area contributed by atoms with Gasteiger partial charge in [-0.3, -0.25) is 19.7 Å². The van der Waals surface area contributed by atoms with Gasteiger partial charge in [0, 0.05) is 55.2 Å². The fourth-order valence-electron chi connectivity index (χ4n) is 11.6. The lowest BCUT2D eigenvalue weighted by Crippen LogP contribution is -2.61. The molecular formula is C51H76N4O12. The van der Waals surface area contributed by atoms with Gasteiger partial charge in [-0.25, -0.2) is 4.79 Å². The zero-order chi connectivity index (χ0) is 48.7. The maximum absolute atomic E-state index is 14.8. The first-order valence-electron chi connectivity index (χ1n) is 24.2. The maximum atomic E-state index is 14.8. The number of hydrogen-bond acceptors (Lipinski definition) is 15. The molecule has 6 heterocycles. The van der Waals surface area contributed by atoms with Crippen molar-refractivity contribution in [1.29, 1.82) is 0 Å². The van der Waals surface area contributed by atoms with E-state index in [0.29, 0.717) is 25.9 Å². The highest BCUT2D eigenvalue weighted by Crippen LogP contribution is 2.45. The summed E-state index contributed by atoms with van der Waals surface area (Å²) in [6.45, 7) is 19.9. The molecule has 16 nitrogen and oxygen atoms in total. The minimum absolute atomic E-state index is 0.150. The Morgan fingerprint density at radius 3 is 2.40 bits per heavy atom. The highest BCUT2D eigenvalue weighted by atomic mass is 16.7. The molecule has 5 aliphatic heterocycles. The number of benzene rings is 1. The third-order valence-electron chi connectivity index (χ3n) is 15.6. The van der Waals surface area contributed by atoms with E-state index in [1.54, 1.807) is 32.8 Å². The Balaban J connectivity index is 1.35. The fraction of sp³-hybridized carbons (Fsp3) is 0.725. The monoisotopic (exact) mass is 937 g/mol. The summed E-state index contributed by atoms with van der Waals surface area (Å²) in [6.07, 6.45) is -1.32. The molecule has 2 bridgehead atoms. The van der Waals surface area contributed by atoms with Crippen molar-refractivity contribution in [1.82, 2.24) is 14.8 Å². The van der Waals surface area contributed by atoms with E-state index in [1.807, 2.05) is 96.2 Å². The number of hydrogen-bond donors (Lipinski definition) is 2. The van der Waals surface area contributed by atoms with Crippen molar-refractivity contribution in [2.24, 2.45) is 28.7 Å². The summed E-state index contributed by atoms with van der Waals surface area (Å²) in [7, 11) is 5.40. The van der Waals surface area contributed by atoms with E-state index >= 15 is 0 Å². The number of amides is 1. The van der Waals surface area contributed by atoms with Crippen LogP contribution >= 0.6 is 0 Å². The highest BCUT2D eigenvalue weighted by Gasteiger charge is 2.60. The fourth-order valence-corrected chi connectivity index (χ4v) is 11.6. The van der Waals surface area contributed by atoms with Gasteiger partial charge in [-0.05, 0) is 99.0 Å². The van der Waals surface area contributed by atoms with E-state index in [9.17, 15) is 19.8 Å². The molecule has 2 unspecified atom stereocenters. The van der Waals surface area contributed by atoms with Crippen LogP contribution in [0.15, 0.2) is 47.6 Å². The Kier molecular flexibility index (Phi) is 15.6. The lowest BCUT2D eigenvalue weighted by Gasteiger charge is -2.50. The average molecular weight is 937 g/mol. The summed E-state index contributed by atoms with van der Waals surface area (Å²) >= 11 is 0. The van der Waals surface area contributed by atoms with Crippen molar-refractivity contribution in [2.45, 2.75) is 173 Å². The third-order valence-corrected chi connectivity index (χ3v) is 15.6. The molecule has 1 aromatic carbocycles. The number of para-hydroxylation sites is 1. The van der Waals surface area contributed by atoms with Crippen LogP contribution < -0.4 is 0 Å². The van der Waals surface area contributed by atoms with E-state index in [-0.39, 0.29) is 37.0 Å². The Morgan fingerprint density at radius 2 is 1.69 bits per heavy atom. The molecule has 67 heavy (non-hydrogen) atoms. The Hall–Kier alpha value is -3.58. The maximum Gasteiger partial charge on any atom is 0.410 e. The molecule has 2 N–H and O–H groups in total. The zero-order valence-corrected chi connectivity index (χ0v) is 41.8. The molecule has 0 saturated carbocycles. The van der Waals surface area contributed by atoms with E-state index in [4.69, 9.17) is 42.9 Å². The van der Waals surface area contributed by atoms with Gasteiger partial charge in [0.1, 0.15) is 18.3 Å². The first-order valence-corrected chi connectivity index (χ1v) is 24.2. The van der Waals surface area contributed by atoms with E-state index in [1.165, 1.54) is 0 Å². The number of pyridine rings is 1. The number of fused-ring (bicyclic) bond motifs is 2. The number of carbonyl (C=O) groups is 2. The summed E-state index contributed by atoms with van der Waals surface area (Å²) in [5, 5.41) is 24.2. The van der Waals surface area contributed by atoms with Crippen LogP contribution in [0.4, 0.5) is 4.79 Å². The molecule has 4 saturated heterocycles. The molecule has 0 radical (unpaired) electrons. The van der Waals surface area contributed by atoms with Crippen LogP contribution in [-0.4, -0.2) is 168 Å². The number of ether oxygens (including phenoxy) is 8. The van der Waals surface area contributed by atoms with Gasteiger partial charge in [-0.1, -0.05) is 51.1 Å². The summed E-state index contributed by atoms with van der Waals surface area (Å²) in [6, 6.07) is 9.25. The molecular weight excluding hydrogens is 861 g/mol. The number of carbonyl (C=O) groups excluding carboxylic acids is 2. The third kappa shape index (κ3) is 10.3. The summed E-state index contributed by atoms with van der Waals surface area (Å²) < 4.78 is 52.8. The van der Waals surface area contributed by atoms with Gasteiger partial charge >= 0.3 is 12.1 Å². The van der Waals surface area contributed by atoms with E-state index in [2.05, 4.69) is 24.9 Å². The molecule has 1 amide bonds. The standard InChI is InChI=1S/C51H76N4O12/c1-28-25-50(9,61-22-16-17-35-24-36-18-14-15-19-37(36)53-27-35)45(66-47-41(56)38(54(11)12)23-29(2)62-47)31(4)42(65-39-26-49(8,60-13)44(57)33(6)63-39)32(5)46(58)64-34(7)51(10)43-30(3)40(28)52-20-21-55(43)48(59)67-51/h14-19,24,27-34,38-39,41-45,47,56-57H,20-23,25-26H2,1-13H3/b17-16+/t28-,29+,30-,31+,32-,33+,34+,38-,39?,41?,42+,43-,44+,45-,47-,49-,50+,51-/m1/s1. The molecule has 4 fully saturated rings. The summed E-state index contributed by atoms with van der Waals surface area (Å²) in [4.78, 5) is 42.0. The van der Waals surface area contributed by atoms with Gasteiger partial charge in [0.25, 0.3) is 0 Å². The predicted molar refractivity (Wildman–Crippen MR) is 252 cm³/mol. The van der Waals surface area contributed by atoms with Gasteiger partial charge in [-0.2, -0.15) is 0 Å². The molecule has 0 aliphatic carbocycles. The van der Waals surface area contributed by atoms with Crippen LogP contribution in [0.3, 0.4) is 0 Å². The molecule has 1 aromatic heterocycles. The first-order chi connectivity index (χ1) is 31.6. The first kappa shape index (κ1) is 51.3. The topological polar surface area (TPSA) is 180 Å². The number of cyclic esters (lactones) is 1. The molecule has 16 heteroatoms. The highest BCUT2D eigenvalue weighted by molar-refractivity contribution is 5.91. The SMILES string of the molecule is CO[C@]1(C)CC(O[C@H]2[C@H](C)[C@@H](O[C@H]3O[C@@H](C)C[C@@H](N(C)C)C3O)[C@@](C)(OC/C=C/c3cnc4ccccc4c3)C[C@@H](C)C3=NCCN4C(=O)O[C@](C)([C@H](C)OC(=O)[C@@H]2C)[C@H]4[C@@H]3C)O[C@@H](C)[C@@H]1O. The second-order valence-corrected chi connectivity index (χ2v) is 20.8. The second-order valence-electron chi connectivity index (χ2n) is 20.8. The Morgan fingerprint density at radius 1 is 0.955 bits per heavy atom. The van der Waals surface area contributed by atoms with E-state index in [0.717, 1.165) is 22.2 Å². The minimum Gasteiger partial charge on any atom is -0.458 e. The van der Waals surface area contributed by atoms with Crippen molar-refractivity contribution in [3.05, 3.63) is 48.2 Å². The number of aliphatic hydroxyl groups excluding tert-OH is 2. The van der Waals surface area contributed by atoms with Crippen LogP contribution in [0.5, 0.6) is 0 Å². The Labute approximate surface area is 396 Å². The van der Waals surface area contributed by atoms with Crippen molar-refractivity contribution < 1.29 is 57.7 Å². The van der Waals surface area contributed by atoms with Crippen LogP contribution in [0.2, 0.25) is 0 Å². The van der Waals surface area contributed by atoms with Gasteiger partial charge in [0.15, 0.2) is 18.2 Å². The zero-order valence-electron chi connectivity index (χ0n) is 41.8. The quantitative estimate of drug-likeness (QED) is 0.264. The smallest absolute Gasteiger partial charge is 0.410 e. The van der Waals surface area contributed by atoms with Gasteiger partial charge in [0.05, 0.1) is 66.2 Å². The summed E-state index contributed by atoms with van der Waals surface area (Å²) in [5.74, 6) is -2.76. The number of aliphatic imine (C=N–C) groups is 1.